The van der Waals surface area contributed by atoms with Gasteiger partial charge in [0, 0.05) is 48.9 Å². The third-order valence-electron chi connectivity index (χ3n) is 4.28. The molecule has 0 bridgehead atoms. The first-order valence-electron chi connectivity index (χ1n) is 9.39. The van der Waals surface area contributed by atoms with E-state index in [0.717, 1.165) is 17.1 Å². The van der Waals surface area contributed by atoms with E-state index in [4.69, 9.17) is 19.3 Å². The van der Waals surface area contributed by atoms with Gasteiger partial charge in [-0.1, -0.05) is 0 Å². The molecule has 0 unspecified atom stereocenters. The van der Waals surface area contributed by atoms with Crippen LogP contribution < -0.4 is 24.8 Å². The molecule has 0 aliphatic rings. The van der Waals surface area contributed by atoms with Crippen LogP contribution in [0.3, 0.4) is 0 Å². The number of anilines is 3. The highest BCUT2D eigenvalue weighted by Crippen LogP contribution is 2.40. The zero-order chi connectivity index (χ0) is 21.3. The third-order valence-corrected chi connectivity index (χ3v) is 4.28. The number of pyridine rings is 1. The smallest absolute Gasteiger partial charge is 0.227 e. The van der Waals surface area contributed by atoms with Gasteiger partial charge in [0.1, 0.15) is 5.82 Å². The Kier molecular flexibility index (Phi) is 7.23. The lowest BCUT2D eigenvalue weighted by Crippen LogP contribution is -2.04. The SMILES string of the molecule is COc1cc(Nc2nccc(-c3ccc(NCCCO)nc3)n2)cc(OC)c1OC. The monoisotopic (exact) mass is 411 g/mol. The Morgan fingerprint density at radius 3 is 2.33 bits per heavy atom. The van der Waals surface area contributed by atoms with E-state index in [-0.39, 0.29) is 6.61 Å². The minimum Gasteiger partial charge on any atom is -0.493 e. The van der Waals surface area contributed by atoms with E-state index in [0.29, 0.717) is 41.8 Å². The maximum atomic E-state index is 8.85. The predicted octanol–water partition coefficient (Wildman–Crippen LogP) is 3.10. The van der Waals surface area contributed by atoms with Gasteiger partial charge in [0.15, 0.2) is 11.5 Å². The highest BCUT2D eigenvalue weighted by atomic mass is 16.5. The van der Waals surface area contributed by atoms with Gasteiger partial charge in [0.2, 0.25) is 11.7 Å². The average molecular weight is 411 g/mol. The average Bonchev–Trinajstić information content (AvgIpc) is 2.79. The van der Waals surface area contributed by atoms with E-state index in [1.165, 1.54) is 0 Å². The Morgan fingerprint density at radius 2 is 1.73 bits per heavy atom. The van der Waals surface area contributed by atoms with Crippen LogP contribution in [0.2, 0.25) is 0 Å². The quantitative estimate of drug-likeness (QED) is 0.433. The Morgan fingerprint density at radius 1 is 0.967 bits per heavy atom. The highest BCUT2D eigenvalue weighted by molar-refractivity contribution is 5.67. The number of rotatable bonds is 10. The van der Waals surface area contributed by atoms with Gasteiger partial charge < -0.3 is 30.0 Å². The molecule has 3 N–H and O–H groups in total. The third kappa shape index (κ3) is 5.06. The van der Waals surface area contributed by atoms with Crippen LogP contribution in [0.1, 0.15) is 6.42 Å². The number of nitrogens with zero attached hydrogens (tertiary/aromatic N) is 3. The van der Waals surface area contributed by atoms with E-state index < -0.39 is 0 Å². The summed E-state index contributed by atoms with van der Waals surface area (Å²) < 4.78 is 16.1. The van der Waals surface area contributed by atoms with Crippen LogP contribution in [0.15, 0.2) is 42.7 Å². The summed E-state index contributed by atoms with van der Waals surface area (Å²) in [6, 6.07) is 9.19. The first-order chi connectivity index (χ1) is 14.7. The maximum Gasteiger partial charge on any atom is 0.227 e. The van der Waals surface area contributed by atoms with E-state index in [1.807, 2.05) is 18.2 Å². The fraction of sp³-hybridized carbons (Fsp3) is 0.286. The fourth-order valence-electron chi connectivity index (χ4n) is 2.81. The molecule has 0 aliphatic heterocycles. The van der Waals surface area contributed by atoms with Gasteiger partial charge in [-0.15, -0.1) is 0 Å². The molecule has 0 spiro atoms. The minimum absolute atomic E-state index is 0.147. The summed E-state index contributed by atoms with van der Waals surface area (Å²) >= 11 is 0. The summed E-state index contributed by atoms with van der Waals surface area (Å²) in [5.74, 6) is 2.75. The maximum absolute atomic E-state index is 8.85. The molecule has 0 saturated heterocycles. The molecule has 2 heterocycles. The molecule has 3 aromatic rings. The lowest BCUT2D eigenvalue weighted by molar-refractivity contribution is 0.292. The summed E-state index contributed by atoms with van der Waals surface area (Å²) in [4.78, 5) is 13.2. The van der Waals surface area contributed by atoms with Gasteiger partial charge in [-0.3, -0.25) is 0 Å². The number of aliphatic hydroxyl groups is 1. The van der Waals surface area contributed by atoms with Gasteiger partial charge in [-0.2, -0.15) is 0 Å². The Bertz CT molecular complexity index is 941. The van der Waals surface area contributed by atoms with E-state index in [1.54, 1.807) is 45.9 Å². The van der Waals surface area contributed by atoms with Crippen LogP contribution in [0, 0.1) is 0 Å². The Hall–Kier alpha value is -3.59. The lowest BCUT2D eigenvalue weighted by atomic mass is 10.2. The molecule has 9 heteroatoms. The standard InChI is InChI=1S/C21H25N5O4/c1-28-17-11-15(12-18(29-2)20(17)30-3)25-21-23-9-7-16(26-21)14-5-6-19(24-13-14)22-8-4-10-27/h5-7,9,11-13,27H,4,8,10H2,1-3H3,(H,22,24)(H,23,25,26). The van der Waals surface area contributed by atoms with Gasteiger partial charge >= 0.3 is 0 Å². The van der Waals surface area contributed by atoms with Crippen molar-refractivity contribution in [1.82, 2.24) is 15.0 Å². The van der Waals surface area contributed by atoms with E-state index in [9.17, 15) is 0 Å². The van der Waals surface area contributed by atoms with Gasteiger partial charge in [-0.05, 0) is 24.6 Å². The highest BCUT2D eigenvalue weighted by Gasteiger charge is 2.14. The molecule has 0 saturated carbocycles. The molecule has 0 amide bonds. The van der Waals surface area contributed by atoms with Crippen LogP contribution >= 0.6 is 0 Å². The summed E-state index contributed by atoms with van der Waals surface area (Å²) in [6.45, 7) is 0.812. The number of ether oxygens (including phenoxy) is 3. The molecule has 2 aromatic heterocycles. The van der Waals surface area contributed by atoms with E-state index in [2.05, 4.69) is 25.6 Å². The number of benzene rings is 1. The minimum atomic E-state index is 0.147. The Balaban J connectivity index is 1.79. The molecule has 0 aliphatic carbocycles. The molecule has 0 fully saturated rings. The zero-order valence-electron chi connectivity index (χ0n) is 17.2. The summed E-state index contributed by atoms with van der Waals surface area (Å²) in [5, 5.41) is 15.2. The van der Waals surface area contributed by atoms with Crippen molar-refractivity contribution in [3.05, 3.63) is 42.7 Å². The number of hydrogen-bond donors (Lipinski definition) is 3. The van der Waals surface area contributed by atoms with E-state index >= 15 is 0 Å². The number of aliphatic hydroxyl groups excluding tert-OH is 1. The summed E-state index contributed by atoms with van der Waals surface area (Å²) in [5.41, 5.74) is 2.29. The van der Waals surface area contributed by atoms with Crippen molar-refractivity contribution in [3.63, 3.8) is 0 Å². The largest absolute Gasteiger partial charge is 0.493 e. The van der Waals surface area contributed by atoms with Crippen LogP contribution in [-0.4, -0.2) is 54.5 Å². The van der Waals surface area contributed by atoms with Crippen LogP contribution in [0.5, 0.6) is 17.2 Å². The molecule has 0 atom stereocenters. The molecule has 0 radical (unpaired) electrons. The van der Waals surface area contributed by atoms with Crippen molar-refractivity contribution in [2.75, 3.05) is 45.1 Å². The second kappa shape index (κ2) is 10.3. The predicted molar refractivity (Wildman–Crippen MR) is 115 cm³/mol. The fourth-order valence-corrected chi connectivity index (χ4v) is 2.81. The number of hydrogen-bond acceptors (Lipinski definition) is 9. The van der Waals surface area contributed by atoms with Gasteiger partial charge in [0.25, 0.3) is 0 Å². The zero-order valence-corrected chi connectivity index (χ0v) is 17.2. The first kappa shape index (κ1) is 21.1. The summed E-state index contributed by atoms with van der Waals surface area (Å²) in [7, 11) is 4.68. The summed E-state index contributed by atoms with van der Waals surface area (Å²) in [6.07, 6.45) is 4.09. The van der Waals surface area contributed by atoms with Gasteiger partial charge in [-0.25, -0.2) is 15.0 Å². The molecular weight excluding hydrogens is 386 g/mol. The number of nitrogens with one attached hydrogen (secondary N) is 2. The van der Waals surface area contributed by atoms with Crippen molar-refractivity contribution in [1.29, 1.82) is 0 Å². The molecule has 1 aromatic carbocycles. The molecule has 9 nitrogen and oxygen atoms in total. The van der Waals surface area contributed by atoms with Crippen molar-refractivity contribution >= 4 is 17.5 Å². The second-order valence-corrected chi connectivity index (χ2v) is 6.24. The molecule has 158 valence electrons. The second-order valence-electron chi connectivity index (χ2n) is 6.24. The van der Waals surface area contributed by atoms with Crippen molar-refractivity contribution in [2.45, 2.75) is 6.42 Å². The lowest BCUT2D eigenvalue weighted by Gasteiger charge is -2.14. The van der Waals surface area contributed by atoms with Crippen LogP contribution in [0.4, 0.5) is 17.5 Å². The Labute approximate surface area is 175 Å². The normalized spacial score (nSPS) is 10.4. The van der Waals surface area contributed by atoms with Crippen molar-refractivity contribution in [2.24, 2.45) is 0 Å². The van der Waals surface area contributed by atoms with Crippen LogP contribution in [-0.2, 0) is 0 Å². The molecule has 30 heavy (non-hydrogen) atoms. The van der Waals surface area contributed by atoms with Gasteiger partial charge in [0.05, 0.1) is 27.0 Å². The number of methoxy groups -OCH3 is 3. The van der Waals surface area contributed by atoms with Crippen molar-refractivity contribution < 1.29 is 19.3 Å². The molecule has 3 rings (SSSR count). The van der Waals surface area contributed by atoms with Crippen LogP contribution in [0.25, 0.3) is 11.3 Å². The molecular formula is C21H25N5O4. The van der Waals surface area contributed by atoms with Crippen molar-refractivity contribution in [3.8, 4) is 28.5 Å². The topological polar surface area (TPSA) is 111 Å². The number of aromatic nitrogens is 3. The first-order valence-corrected chi connectivity index (χ1v) is 9.39.